The number of nitrogens with zero attached hydrogens (tertiary/aromatic N) is 2. The molecular weight excluding hydrogens is 248 g/mol. The number of hydrazine groups is 1. The quantitative estimate of drug-likeness (QED) is 0.628. The predicted octanol–water partition coefficient (Wildman–Crippen LogP) is 2.97. The van der Waals surface area contributed by atoms with Crippen molar-refractivity contribution in [3.63, 3.8) is 0 Å². The van der Waals surface area contributed by atoms with Gasteiger partial charge in [-0.15, -0.1) is 0 Å². The fourth-order valence-corrected chi connectivity index (χ4v) is 2.40. The second-order valence-corrected chi connectivity index (χ2v) is 5.40. The molecule has 1 heterocycles. The largest absolute Gasteiger partial charge is 0.333 e. The maximum Gasteiger partial charge on any atom is 0.131 e. The van der Waals surface area contributed by atoms with Crippen molar-refractivity contribution in [2.75, 3.05) is 0 Å². The second-order valence-electron chi connectivity index (χ2n) is 5.40. The van der Waals surface area contributed by atoms with E-state index in [0.29, 0.717) is 5.92 Å². The van der Waals surface area contributed by atoms with Crippen LogP contribution in [0.5, 0.6) is 0 Å². The van der Waals surface area contributed by atoms with E-state index in [1.807, 2.05) is 12.4 Å². The number of hydrogen-bond donors (Lipinski definition) is 2. The summed E-state index contributed by atoms with van der Waals surface area (Å²) in [5.74, 6) is 7.26. The van der Waals surface area contributed by atoms with Crippen LogP contribution in [0.2, 0.25) is 0 Å². The van der Waals surface area contributed by atoms with Crippen molar-refractivity contribution in [3.05, 3.63) is 53.6 Å². The zero-order valence-corrected chi connectivity index (χ0v) is 12.5. The van der Waals surface area contributed by atoms with Gasteiger partial charge in [0.1, 0.15) is 11.9 Å². The molecule has 0 saturated carbocycles. The van der Waals surface area contributed by atoms with Gasteiger partial charge >= 0.3 is 0 Å². The van der Waals surface area contributed by atoms with Crippen LogP contribution in [0.3, 0.4) is 0 Å². The standard InChI is InChI=1S/C16H24N4/c1-4-10-20-11-9-18-16(20)15(19-17)14-7-5-13(6-8-14)12(2)3/h5-9,11-12,15,19H,4,10,17H2,1-3H3. The number of nitrogens with one attached hydrogen (secondary N) is 1. The molecule has 0 aliphatic rings. The first-order chi connectivity index (χ1) is 9.67. The predicted molar refractivity (Wildman–Crippen MR) is 82.2 cm³/mol. The van der Waals surface area contributed by atoms with Gasteiger partial charge in [-0.25, -0.2) is 10.4 Å². The molecule has 0 spiro atoms. The minimum absolute atomic E-state index is 0.0715. The van der Waals surface area contributed by atoms with Crippen molar-refractivity contribution >= 4 is 0 Å². The molecule has 0 amide bonds. The summed E-state index contributed by atoms with van der Waals surface area (Å²) in [5.41, 5.74) is 5.36. The molecule has 0 bridgehead atoms. The number of rotatable bonds is 6. The van der Waals surface area contributed by atoms with Gasteiger partial charge in [0.2, 0.25) is 0 Å². The average molecular weight is 272 g/mol. The third kappa shape index (κ3) is 3.08. The lowest BCUT2D eigenvalue weighted by atomic mass is 9.99. The van der Waals surface area contributed by atoms with E-state index < -0.39 is 0 Å². The van der Waals surface area contributed by atoms with Gasteiger partial charge in [0, 0.05) is 18.9 Å². The number of aromatic nitrogens is 2. The molecular formula is C16H24N4. The lowest BCUT2D eigenvalue weighted by Gasteiger charge is -2.18. The molecule has 2 aromatic rings. The maximum absolute atomic E-state index is 5.76. The normalized spacial score (nSPS) is 12.8. The van der Waals surface area contributed by atoms with Crippen LogP contribution in [-0.2, 0) is 6.54 Å². The number of imidazole rings is 1. The summed E-state index contributed by atoms with van der Waals surface area (Å²) in [7, 11) is 0. The topological polar surface area (TPSA) is 55.9 Å². The first kappa shape index (κ1) is 14.8. The van der Waals surface area contributed by atoms with Gasteiger partial charge in [0.25, 0.3) is 0 Å². The van der Waals surface area contributed by atoms with Gasteiger partial charge in [-0.3, -0.25) is 5.84 Å². The minimum Gasteiger partial charge on any atom is -0.333 e. The molecule has 3 N–H and O–H groups in total. The molecule has 1 unspecified atom stereocenters. The summed E-state index contributed by atoms with van der Waals surface area (Å²) in [6, 6.07) is 8.52. The van der Waals surface area contributed by atoms with Crippen molar-refractivity contribution in [3.8, 4) is 0 Å². The van der Waals surface area contributed by atoms with Crippen molar-refractivity contribution in [2.45, 2.75) is 45.7 Å². The van der Waals surface area contributed by atoms with Crippen LogP contribution < -0.4 is 11.3 Å². The van der Waals surface area contributed by atoms with Gasteiger partial charge in [-0.1, -0.05) is 45.0 Å². The Hall–Kier alpha value is -1.65. The molecule has 2 rings (SSSR count). The number of hydrogen-bond acceptors (Lipinski definition) is 3. The Bertz CT molecular complexity index is 528. The lowest BCUT2D eigenvalue weighted by Crippen LogP contribution is -2.31. The van der Waals surface area contributed by atoms with Crippen LogP contribution in [0, 0.1) is 0 Å². The Morgan fingerprint density at radius 1 is 1.20 bits per heavy atom. The van der Waals surface area contributed by atoms with Crippen molar-refractivity contribution in [2.24, 2.45) is 5.84 Å². The molecule has 1 aromatic carbocycles. The Morgan fingerprint density at radius 3 is 2.40 bits per heavy atom. The number of aryl methyl sites for hydroxylation is 1. The lowest BCUT2D eigenvalue weighted by molar-refractivity contribution is 0.545. The smallest absolute Gasteiger partial charge is 0.131 e. The average Bonchev–Trinajstić information content (AvgIpc) is 2.89. The van der Waals surface area contributed by atoms with Crippen LogP contribution in [0.15, 0.2) is 36.7 Å². The zero-order valence-electron chi connectivity index (χ0n) is 12.5. The maximum atomic E-state index is 5.76. The summed E-state index contributed by atoms with van der Waals surface area (Å²) in [4.78, 5) is 4.46. The highest BCUT2D eigenvalue weighted by Gasteiger charge is 2.17. The first-order valence-corrected chi connectivity index (χ1v) is 7.24. The fourth-order valence-electron chi connectivity index (χ4n) is 2.40. The van der Waals surface area contributed by atoms with E-state index in [2.05, 4.69) is 60.0 Å². The zero-order chi connectivity index (χ0) is 14.5. The summed E-state index contributed by atoms with van der Waals surface area (Å²) in [6.07, 6.45) is 4.91. The van der Waals surface area contributed by atoms with Crippen LogP contribution >= 0.6 is 0 Å². The molecule has 0 fully saturated rings. The third-order valence-electron chi connectivity index (χ3n) is 3.57. The Labute approximate surface area is 121 Å². The molecule has 1 atom stereocenters. The highest BCUT2D eigenvalue weighted by molar-refractivity contribution is 5.30. The Balaban J connectivity index is 2.29. The van der Waals surface area contributed by atoms with Crippen molar-refractivity contribution < 1.29 is 0 Å². The van der Waals surface area contributed by atoms with E-state index in [1.54, 1.807) is 0 Å². The minimum atomic E-state index is -0.0715. The van der Waals surface area contributed by atoms with Gasteiger partial charge in [-0.2, -0.15) is 0 Å². The van der Waals surface area contributed by atoms with E-state index in [1.165, 1.54) is 5.56 Å². The van der Waals surface area contributed by atoms with E-state index in [0.717, 1.165) is 24.4 Å². The molecule has 0 aliphatic carbocycles. The van der Waals surface area contributed by atoms with E-state index in [4.69, 9.17) is 5.84 Å². The summed E-state index contributed by atoms with van der Waals surface area (Å²) < 4.78 is 2.15. The molecule has 0 radical (unpaired) electrons. The highest BCUT2D eigenvalue weighted by atomic mass is 15.3. The van der Waals surface area contributed by atoms with E-state index in [9.17, 15) is 0 Å². The molecule has 0 aliphatic heterocycles. The monoisotopic (exact) mass is 272 g/mol. The van der Waals surface area contributed by atoms with Gasteiger partial charge in [-0.05, 0) is 23.5 Å². The second kappa shape index (κ2) is 6.68. The van der Waals surface area contributed by atoms with E-state index in [-0.39, 0.29) is 6.04 Å². The molecule has 4 nitrogen and oxygen atoms in total. The molecule has 108 valence electrons. The van der Waals surface area contributed by atoms with Crippen molar-refractivity contribution in [1.82, 2.24) is 15.0 Å². The number of nitrogens with two attached hydrogens (primary N) is 1. The number of benzene rings is 1. The first-order valence-electron chi connectivity index (χ1n) is 7.24. The van der Waals surface area contributed by atoms with E-state index >= 15 is 0 Å². The summed E-state index contributed by atoms with van der Waals surface area (Å²) in [6.45, 7) is 7.51. The Morgan fingerprint density at radius 2 is 1.85 bits per heavy atom. The third-order valence-corrected chi connectivity index (χ3v) is 3.57. The summed E-state index contributed by atoms with van der Waals surface area (Å²) in [5, 5.41) is 0. The Kier molecular flexibility index (Phi) is 4.93. The van der Waals surface area contributed by atoms with Crippen molar-refractivity contribution in [1.29, 1.82) is 0 Å². The SMILES string of the molecule is CCCn1ccnc1C(NN)c1ccc(C(C)C)cc1. The fraction of sp³-hybridized carbons (Fsp3) is 0.438. The molecule has 0 saturated heterocycles. The van der Waals surface area contributed by atoms with Crippen LogP contribution in [0.4, 0.5) is 0 Å². The summed E-state index contributed by atoms with van der Waals surface area (Å²) >= 11 is 0. The molecule has 4 heteroatoms. The molecule has 20 heavy (non-hydrogen) atoms. The molecule has 1 aromatic heterocycles. The van der Waals surface area contributed by atoms with Gasteiger partial charge in [0.05, 0.1) is 0 Å². The highest BCUT2D eigenvalue weighted by Crippen LogP contribution is 2.23. The van der Waals surface area contributed by atoms with Crippen LogP contribution in [-0.4, -0.2) is 9.55 Å². The van der Waals surface area contributed by atoms with Crippen LogP contribution in [0.25, 0.3) is 0 Å². The van der Waals surface area contributed by atoms with Crippen LogP contribution in [0.1, 0.15) is 56.1 Å². The van der Waals surface area contributed by atoms with Gasteiger partial charge in [0.15, 0.2) is 0 Å². The van der Waals surface area contributed by atoms with Gasteiger partial charge < -0.3 is 4.57 Å².